The van der Waals surface area contributed by atoms with E-state index in [0.717, 1.165) is 28.5 Å². The van der Waals surface area contributed by atoms with Crippen LogP contribution in [0.1, 0.15) is 26.2 Å². The minimum absolute atomic E-state index is 0.0233. The zero-order chi connectivity index (χ0) is 88.7. The SMILES string of the molecule is CN[C@H](CSCC1OC2O[C@H]3C(CO)OC(O[C@H]4C(CO)OC(O[C@H]5C(CO)O[C@@H](O[C@H]6C(CSC[C@@H](CC(=O)CCOCCOCCC(C)=O)C(=O)NCCSSc7ccccn7)O[C@@H](O[C@H]7C(CO)O[C@@H](O[C@H]8C(CO)O[C@@H](O[C@@H]1[C@H](O)C2O)C(O)[C@H]8O)C(O)[C@H]7O)C(O)[C@H]6O)C(O)[C@H]5O)[C@H](O)[C@H]4O)[C@H](O)[C@H]3O)C(=O)NCCSSc1ccccn1. The molecule has 0 spiro atoms. The molecule has 0 radical (unpaired) electrons. The maximum absolute atomic E-state index is 14.2. The van der Waals surface area contributed by atoms with Gasteiger partial charge in [0, 0.05) is 79.3 Å². The molecular weight excluding hydrogens is 1760 g/mol. The average Bonchev–Trinajstić information content (AvgIpc) is 0.886. The van der Waals surface area contributed by atoms with Gasteiger partial charge in [-0.15, -0.1) is 0 Å². The van der Waals surface area contributed by atoms with Crippen LogP contribution < -0.4 is 16.0 Å². The number of hydrogen-bond donors (Lipinski definition) is 22. The molecule has 0 aliphatic carbocycles. The lowest BCUT2D eigenvalue weighted by molar-refractivity contribution is -0.395. The summed E-state index contributed by atoms with van der Waals surface area (Å²) in [7, 11) is 7.12. The van der Waals surface area contributed by atoms with E-state index in [2.05, 4.69) is 25.9 Å². The summed E-state index contributed by atoms with van der Waals surface area (Å²) < 4.78 is 95.5. The van der Waals surface area contributed by atoms with Crippen LogP contribution in [-0.2, 0) is 95.0 Å². The molecule has 21 saturated heterocycles. The van der Waals surface area contributed by atoms with Crippen LogP contribution in [0, 0.1) is 5.92 Å². The Morgan fingerprint density at radius 1 is 0.390 bits per heavy atom. The van der Waals surface area contributed by atoms with Crippen molar-refractivity contribution >= 4 is 90.1 Å². The van der Waals surface area contributed by atoms with E-state index in [-0.39, 0.29) is 81.8 Å². The topological polar surface area (TPSA) is 662 Å². The summed E-state index contributed by atoms with van der Waals surface area (Å²) in [6.07, 6.45) is -69.3. The number of pyridine rings is 2. The molecule has 50 heteroatoms. The van der Waals surface area contributed by atoms with Crippen LogP contribution in [-0.4, -0.2) is 465 Å². The van der Waals surface area contributed by atoms with Crippen LogP contribution in [0.5, 0.6) is 0 Å². The highest BCUT2D eigenvalue weighted by Gasteiger charge is 2.60. The number of likely N-dealkylation sites (N-methyl/N-ethyl adjacent to an activating group) is 1. The normalized spacial score (nSPS) is 39.4. The molecule has 14 bridgehead atoms. The molecule has 123 heavy (non-hydrogen) atoms. The maximum atomic E-state index is 14.2. The second kappa shape index (κ2) is 50.8. The van der Waals surface area contributed by atoms with Crippen molar-refractivity contribution in [2.45, 2.75) is 257 Å². The Labute approximate surface area is 730 Å². The number of carbonyl (C=O) groups is 4. The number of carbonyl (C=O) groups excluding carboxylic acids is 4. The molecule has 15 unspecified atom stereocenters. The van der Waals surface area contributed by atoms with Gasteiger partial charge in [-0.2, -0.15) is 23.5 Å². The summed E-state index contributed by atoms with van der Waals surface area (Å²) in [5.41, 5.74) is 0. The highest BCUT2D eigenvalue weighted by molar-refractivity contribution is 8.77. The van der Waals surface area contributed by atoms with Crippen molar-refractivity contribution in [1.82, 2.24) is 25.9 Å². The van der Waals surface area contributed by atoms with Crippen molar-refractivity contribution in [3.8, 4) is 0 Å². The fourth-order valence-corrected chi connectivity index (χ4v) is 20.3. The third kappa shape index (κ3) is 27.5. The number of ether oxygens (including phenoxy) is 16. The number of thioether (sulfide) groups is 2. The highest BCUT2D eigenvalue weighted by Crippen LogP contribution is 2.41. The first-order valence-corrected chi connectivity index (χ1v) is 46.8. The largest absolute Gasteiger partial charge is 0.394 e. The third-order valence-corrected chi connectivity index (χ3v) is 28.0. The first kappa shape index (κ1) is 102. The number of nitrogens with zero attached hydrogens (tertiary/aromatic N) is 2. The van der Waals surface area contributed by atoms with Gasteiger partial charge in [0.2, 0.25) is 11.8 Å². The fourth-order valence-electron chi connectivity index (χ4n) is 14.3. The molecule has 23 heterocycles. The molecule has 0 aromatic carbocycles. The smallest absolute Gasteiger partial charge is 0.238 e. The molecule has 2 amide bonds. The van der Waals surface area contributed by atoms with Gasteiger partial charge in [-0.25, -0.2) is 9.97 Å². The van der Waals surface area contributed by atoms with Crippen molar-refractivity contribution in [2.75, 3.05) is 114 Å². The maximum Gasteiger partial charge on any atom is 0.238 e. The monoisotopic (exact) mass is 1880 g/mol. The molecule has 21 fully saturated rings. The van der Waals surface area contributed by atoms with Crippen molar-refractivity contribution in [2.24, 2.45) is 5.92 Å². The van der Waals surface area contributed by atoms with E-state index < -0.39 is 283 Å². The molecule has 0 saturated carbocycles. The lowest BCUT2D eigenvalue weighted by Crippen LogP contribution is -2.68. The van der Waals surface area contributed by atoms with E-state index in [4.69, 9.17) is 75.8 Å². The predicted octanol–water partition coefficient (Wildman–Crippen LogP) is -9.28. The van der Waals surface area contributed by atoms with Crippen LogP contribution in [0.4, 0.5) is 0 Å². The van der Waals surface area contributed by atoms with Crippen molar-refractivity contribution in [3.63, 3.8) is 0 Å². The Morgan fingerprint density at radius 2 is 0.691 bits per heavy atom. The Kier molecular flexibility index (Phi) is 42.2. The van der Waals surface area contributed by atoms with Gasteiger partial charge in [-0.1, -0.05) is 33.7 Å². The minimum atomic E-state index is -2.30. The number of amides is 2. The number of aliphatic hydroxyl groups excluding tert-OH is 19. The minimum Gasteiger partial charge on any atom is -0.394 e. The molecule has 2 aromatic rings. The van der Waals surface area contributed by atoms with Crippen LogP contribution in [0.2, 0.25) is 0 Å². The van der Waals surface area contributed by atoms with Gasteiger partial charge in [-0.3, -0.25) is 19.2 Å². The summed E-state index contributed by atoms with van der Waals surface area (Å²) in [6, 6.07) is 9.91. The number of nitrogens with one attached hydrogen (secondary N) is 3. The zero-order valence-corrected chi connectivity index (χ0v) is 71.5. The fraction of sp³-hybridized carbons (Fsp3) is 0.808. The number of Topliss-reactive ketones (excluding diaryl/α,β-unsaturated/α-hetero) is 2. The van der Waals surface area contributed by atoms with Gasteiger partial charge in [0.05, 0.1) is 83.6 Å². The van der Waals surface area contributed by atoms with E-state index in [1.807, 2.05) is 18.2 Å². The van der Waals surface area contributed by atoms with Crippen molar-refractivity contribution < 1.29 is 192 Å². The number of ketones is 2. The van der Waals surface area contributed by atoms with Crippen LogP contribution in [0.3, 0.4) is 0 Å². The van der Waals surface area contributed by atoms with E-state index in [9.17, 15) is 116 Å². The summed E-state index contributed by atoms with van der Waals surface area (Å²) in [5.74, 6) is -2.59. The van der Waals surface area contributed by atoms with Gasteiger partial charge in [0.1, 0.15) is 180 Å². The average molecular weight is 1880 g/mol. The third-order valence-electron chi connectivity index (χ3n) is 21.1. The first-order valence-electron chi connectivity index (χ1n) is 39.8. The number of aromatic nitrogens is 2. The number of hydrogen-bond acceptors (Lipinski definition) is 48. The Hall–Kier alpha value is -2.76. The van der Waals surface area contributed by atoms with E-state index in [1.165, 1.54) is 57.1 Å². The summed E-state index contributed by atoms with van der Waals surface area (Å²) in [4.78, 5) is 61.3. The second-order valence-corrected chi connectivity index (χ2v) is 36.8. The Morgan fingerprint density at radius 3 is 0.992 bits per heavy atom. The molecule has 23 rings (SSSR count). The second-order valence-electron chi connectivity index (χ2n) is 29.8. The highest BCUT2D eigenvalue weighted by atomic mass is 33.1. The number of aliphatic hydroxyl groups is 19. The summed E-state index contributed by atoms with van der Waals surface area (Å²) >= 11 is 1.96. The molecule has 21 aliphatic heterocycles. The summed E-state index contributed by atoms with van der Waals surface area (Å²) in [5, 5.41) is 231. The van der Waals surface area contributed by atoms with Crippen LogP contribution in [0.25, 0.3) is 0 Å². The van der Waals surface area contributed by atoms with E-state index in [1.54, 1.807) is 30.6 Å². The van der Waals surface area contributed by atoms with Gasteiger partial charge in [0.25, 0.3) is 0 Å². The zero-order valence-electron chi connectivity index (χ0n) is 66.6. The van der Waals surface area contributed by atoms with Gasteiger partial charge in [0.15, 0.2) is 44.0 Å². The molecule has 37 atom stereocenters. The molecular formula is C73H113N5O39S6. The van der Waals surface area contributed by atoms with Crippen LogP contribution >= 0.6 is 66.7 Å². The molecule has 700 valence electrons. The summed E-state index contributed by atoms with van der Waals surface area (Å²) in [6.45, 7) is -3.37. The molecule has 2 aromatic heterocycles. The van der Waals surface area contributed by atoms with Gasteiger partial charge >= 0.3 is 0 Å². The predicted molar refractivity (Wildman–Crippen MR) is 428 cm³/mol. The van der Waals surface area contributed by atoms with E-state index >= 15 is 0 Å². The first-order chi connectivity index (χ1) is 59.1. The Balaban J connectivity index is 0.912. The molecule has 22 N–H and O–H groups in total. The van der Waals surface area contributed by atoms with Crippen molar-refractivity contribution in [1.29, 1.82) is 0 Å². The van der Waals surface area contributed by atoms with Gasteiger partial charge < -0.3 is 189 Å². The number of rotatable bonds is 37. The van der Waals surface area contributed by atoms with E-state index in [0.29, 0.717) is 16.5 Å². The lowest BCUT2D eigenvalue weighted by Gasteiger charge is -2.50. The molecule has 21 aliphatic rings. The van der Waals surface area contributed by atoms with Crippen molar-refractivity contribution in [3.05, 3.63) is 48.8 Å². The standard InChI is InChI=1S/C73H113N5O39S6/c1-31(84)9-15-102-17-18-103-16-10-33(85)21-32(65(100)77-13-19-120-122-42-7-3-5-11-75-42)27-118-29-40-63-49(91)56(98)72(109-40)114-61-38(25-82)105-69(52(94)45(61)87)113-60-37(24-81)108-71(55(97)48(60)90)117-64-41(30-119-28-34(74-2)66(101)78-14-20-121-123-43-8-4-6-12-76-43)110-73(57(99)50(64)92)115-62-39(26-83)106-68(53(95)46(62)88)111-58-35(22-79)104-67(51(93)44(58)86)112-59-36(23-80)107-70(116-63)54(96)47(59)89/h3-8,11-12,32,34-41,44-64,67-74,79-83,86-99H,9-10,13-30H2,1-2H3,(H,77,100)(H,78,101)/t32-,34-,35?,36?,37?,38?,39?,40?,41?,44-,45-,46-,47-,48-,49-,50-,51-,52?,53-,54?,55?,56?,57?,58+,59+,60+,61+,62+,63+,64+,67?,68?,69+,70+,71+,72+,73?/m1/s1. The lowest BCUT2D eigenvalue weighted by atomic mass is 9.95. The van der Waals surface area contributed by atoms with Crippen LogP contribution in [0.15, 0.2) is 58.8 Å². The molecule has 44 nitrogen and oxygen atoms in total. The quantitative estimate of drug-likeness (QED) is 0.0221. The Bertz CT molecular complexity index is 3460. The van der Waals surface area contributed by atoms with Gasteiger partial charge in [-0.05, 0) is 59.8 Å².